The van der Waals surface area contributed by atoms with Crippen LogP contribution in [0.5, 0.6) is 0 Å². The zero-order valence-corrected chi connectivity index (χ0v) is 12.2. The van der Waals surface area contributed by atoms with Gasteiger partial charge in [0.15, 0.2) is 0 Å². The van der Waals surface area contributed by atoms with Gasteiger partial charge in [-0.1, -0.05) is 20.8 Å². The number of hydrogen-bond acceptors (Lipinski definition) is 3. The molecule has 5 heteroatoms. The van der Waals surface area contributed by atoms with Crippen molar-refractivity contribution in [2.75, 3.05) is 19.3 Å². The number of nitrogens with one attached hydrogen (secondary N) is 1. The summed E-state index contributed by atoms with van der Waals surface area (Å²) in [5.74, 6) is 0.158. The van der Waals surface area contributed by atoms with E-state index in [4.69, 9.17) is 0 Å². The Hall–Kier alpha value is -0.130. The third-order valence-electron chi connectivity index (χ3n) is 3.05. The summed E-state index contributed by atoms with van der Waals surface area (Å²) < 4.78 is 25.5. The van der Waals surface area contributed by atoms with Crippen LogP contribution in [-0.2, 0) is 10.0 Å². The summed E-state index contributed by atoms with van der Waals surface area (Å²) in [7, 11) is -1.49. The lowest BCUT2D eigenvalue weighted by molar-refractivity contribution is 0.257. The molecule has 98 valence electrons. The highest BCUT2D eigenvalue weighted by molar-refractivity contribution is 7.89. The zero-order valence-electron chi connectivity index (χ0n) is 11.4. The van der Waals surface area contributed by atoms with Crippen LogP contribution in [0.1, 0.15) is 41.0 Å². The molecule has 0 aromatic heterocycles. The predicted molar refractivity (Wildman–Crippen MR) is 69.1 cm³/mol. The summed E-state index contributed by atoms with van der Waals surface area (Å²) in [6, 6.07) is 0.319. The maximum Gasteiger partial charge on any atom is 0.215 e. The first-order valence-corrected chi connectivity index (χ1v) is 7.44. The van der Waals surface area contributed by atoms with Crippen molar-refractivity contribution in [3.8, 4) is 0 Å². The van der Waals surface area contributed by atoms with Crippen LogP contribution in [0, 0.1) is 0 Å². The molecule has 1 N–H and O–H groups in total. The first kappa shape index (κ1) is 15.9. The van der Waals surface area contributed by atoms with Gasteiger partial charge in [0.2, 0.25) is 10.0 Å². The monoisotopic (exact) mass is 250 g/mol. The molecule has 0 radical (unpaired) electrons. The van der Waals surface area contributed by atoms with Gasteiger partial charge in [-0.05, 0) is 20.3 Å². The standard InChI is InChI=1S/C11H26N2O2S/c1-7-11(4,5)13(6)16(14,15)9-8-12-10(2)3/h10,12H,7-9H2,1-6H3. The summed E-state index contributed by atoms with van der Waals surface area (Å²) in [4.78, 5) is 0. The van der Waals surface area contributed by atoms with Gasteiger partial charge in [0.05, 0.1) is 5.75 Å². The Bertz CT molecular complexity index is 297. The lowest BCUT2D eigenvalue weighted by atomic mass is 10.0. The molecule has 0 spiro atoms. The van der Waals surface area contributed by atoms with E-state index in [1.54, 1.807) is 7.05 Å². The molecule has 4 nitrogen and oxygen atoms in total. The molecule has 0 saturated carbocycles. The van der Waals surface area contributed by atoms with E-state index in [0.29, 0.717) is 12.6 Å². The van der Waals surface area contributed by atoms with Crippen LogP contribution in [-0.4, -0.2) is 43.6 Å². The van der Waals surface area contributed by atoms with E-state index in [9.17, 15) is 8.42 Å². The Morgan fingerprint density at radius 2 is 1.81 bits per heavy atom. The highest BCUT2D eigenvalue weighted by atomic mass is 32.2. The molecule has 0 aliphatic heterocycles. The Kier molecular flexibility index (Phi) is 5.93. The van der Waals surface area contributed by atoms with Crippen molar-refractivity contribution in [1.82, 2.24) is 9.62 Å². The molecular weight excluding hydrogens is 224 g/mol. The van der Waals surface area contributed by atoms with Crippen molar-refractivity contribution in [2.45, 2.75) is 52.6 Å². The molecular formula is C11H26N2O2S. The maximum atomic E-state index is 12.0. The smallest absolute Gasteiger partial charge is 0.215 e. The van der Waals surface area contributed by atoms with Crippen LogP contribution in [0.3, 0.4) is 0 Å². The molecule has 0 fully saturated rings. The van der Waals surface area contributed by atoms with E-state index in [0.717, 1.165) is 6.42 Å². The van der Waals surface area contributed by atoms with Gasteiger partial charge in [-0.3, -0.25) is 0 Å². The molecule has 0 aromatic rings. The topological polar surface area (TPSA) is 49.4 Å². The normalized spacial score (nSPS) is 13.8. The molecule has 0 atom stereocenters. The highest BCUT2D eigenvalue weighted by Crippen LogP contribution is 2.19. The third kappa shape index (κ3) is 4.80. The van der Waals surface area contributed by atoms with Gasteiger partial charge in [0, 0.05) is 25.2 Å². The van der Waals surface area contributed by atoms with Crippen LogP contribution in [0.4, 0.5) is 0 Å². The average Bonchev–Trinajstić information content (AvgIpc) is 2.15. The molecule has 0 aromatic carbocycles. The van der Waals surface area contributed by atoms with Gasteiger partial charge in [0.1, 0.15) is 0 Å². The first-order chi connectivity index (χ1) is 7.13. The van der Waals surface area contributed by atoms with Crippen LogP contribution >= 0.6 is 0 Å². The Labute approximate surface area is 100 Å². The number of sulfonamides is 1. The van der Waals surface area contributed by atoms with Crippen LogP contribution < -0.4 is 5.32 Å². The van der Waals surface area contributed by atoms with Crippen molar-refractivity contribution in [3.63, 3.8) is 0 Å². The molecule has 16 heavy (non-hydrogen) atoms. The first-order valence-electron chi connectivity index (χ1n) is 5.83. The molecule has 0 unspecified atom stereocenters. The van der Waals surface area contributed by atoms with E-state index >= 15 is 0 Å². The number of rotatable bonds is 7. The second kappa shape index (κ2) is 5.98. The molecule has 0 bridgehead atoms. The summed E-state index contributed by atoms with van der Waals surface area (Å²) in [5, 5.41) is 3.12. The van der Waals surface area contributed by atoms with Crippen LogP contribution in [0.15, 0.2) is 0 Å². The maximum absolute atomic E-state index is 12.0. The predicted octanol–water partition coefficient (Wildman–Crippen LogP) is 1.43. The second-order valence-corrected chi connectivity index (χ2v) is 7.18. The van der Waals surface area contributed by atoms with Crippen molar-refractivity contribution in [2.24, 2.45) is 0 Å². The molecule has 0 aliphatic carbocycles. The summed E-state index contributed by atoms with van der Waals surface area (Å²) >= 11 is 0. The van der Waals surface area contributed by atoms with Crippen molar-refractivity contribution >= 4 is 10.0 Å². The van der Waals surface area contributed by atoms with Gasteiger partial charge in [-0.2, -0.15) is 4.31 Å². The fraction of sp³-hybridized carbons (Fsp3) is 1.00. The Morgan fingerprint density at radius 1 is 1.31 bits per heavy atom. The van der Waals surface area contributed by atoms with E-state index in [-0.39, 0.29) is 11.3 Å². The Morgan fingerprint density at radius 3 is 2.19 bits per heavy atom. The summed E-state index contributed by atoms with van der Waals surface area (Å²) in [6.45, 7) is 10.4. The number of nitrogens with zero attached hydrogens (tertiary/aromatic N) is 1. The highest BCUT2D eigenvalue weighted by Gasteiger charge is 2.30. The van der Waals surface area contributed by atoms with Gasteiger partial charge in [-0.15, -0.1) is 0 Å². The number of hydrogen-bond donors (Lipinski definition) is 1. The van der Waals surface area contributed by atoms with Gasteiger partial charge in [0.25, 0.3) is 0 Å². The SMILES string of the molecule is CCC(C)(C)N(C)S(=O)(=O)CCNC(C)C. The van der Waals surface area contributed by atoms with Gasteiger partial charge in [-0.25, -0.2) is 8.42 Å². The summed E-state index contributed by atoms with van der Waals surface area (Å²) in [6.07, 6.45) is 0.806. The van der Waals surface area contributed by atoms with E-state index in [1.807, 2.05) is 34.6 Å². The molecule has 0 saturated heterocycles. The molecule has 0 heterocycles. The molecule has 0 aliphatic rings. The lowest BCUT2D eigenvalue weighted by Gasteiger charge is -2.33. The van der Waals surface area contributed by atoms with Crippen molar-refractivity contribution in [1.29, 1.82) is 0 Å². The fourth-order valence-electron chi connectivity index (χ4n) is 1.21. The molecule has 0 rings (SSSR count). The van der Waals surface area contributed by atoms with E-state index in [1.165, 1.54) is 4.31 Å². The minimum Gasteiger partial charge on any atom is -0.313 e. The van der Waals surface area contributed by atoms with Gasteiger partial charge >= 0.3 is 0 Å². The Balaban J connectivity index is 4.44. The van der Waals surface area contributed by atoms with E-state index < -0.39 is 10.0 Å². The van der Waals surface area contributed by atoms with Crippen molar-refractivity contribution < 1.29 is 8.42 Å². The second-order valence-electron chi connectivity index (χ2n) is 5.06. The lowest BCUT2D eigenvalue weighted by Crippen LogP contribution is -2.46. The largest absolute Gasteiger partial charge is 0.313 e. The molecule has 0 amide bonds. The zero-order chi connectivity index (χ0) is 13.0. The third-order valence-corrected chi connectivity index (χ3v) is 5.10. The van der Waals surface area contributed by atoms with Gasteiger partial charge < -0.3 is 5.32 Å². The van der Waals surface area contributed by atoms with Crippen LogP contribution in [0.2, 0.25) is 0 Å². The summed E-state index contributed by atoms with van der Waals surface area (Å²) in [5.41, 5.74) is -0.309. The van der Waals surface area contributed by atoms with Crippen molar-refractivity contribution in [3.05, 3.63) is 0 Å². The fourth-order valence-corrected chi connectivity index (χ4v) is 2.74. The minimum atomic E-state index is -3.15. The average molecular weight is 250 g/mol. The quantitative estimate of drug-likeness (QED) is 0.744. The minimum absolute atomic E-state index is 0.158. The van der Waals surface area contributed by atoms with E-state index in [2.05, 4.69) is 5.32 Å². The van der Waals surface area contributed by atoms with Crippen LogP contribution in [0.25, 0.3) is 0 Å².